The summed E-state index contributed by atoms with van der Waals surface area (Å²) in [6, 6.07) is 11.0. The zero-order chi connectivity index (χ0) is 14.8. The van der Waals surface area contributed by atoms with Gasteiger partial charge < -0.3 is 5.32 Å². The fraction of sp³-hybridized carbons (Fsp3) is 0.500. The third-order valence-corrected chi connectivity index (χ3v) is 4.61. The van der Waals surface area contributed by atoms with E-state index in [2.05, 4.69) is 66.1 Å². The number of rotatable bonds is 3. The van der Waals surface area contributed by atoms with E-state index in [0.717, 1.165) is 23.2 Å². The second-order valence-corrected chi connectivity index (χ2v) is 6.56. The van der Waals surface area contributed by atoms with Gasteiger partial charge in [0.1, 0.15) is 0 Å². The lowest BCUT2D eigenvalue weighted by atomic mass is 9.80. The van der Waals surface area contributed by atoms with Crippen LogP contribution in [-0.2, 0) is 0 Å². The van der Waals surface area contributed by atoms with Gasteiger partial charge in [-0.25, -0.2) is 4.98 Å². The molecular formula is C18H25N3. The zero-order valence-electron chi connectivity index (χ0n) is 13.2. The molecule has 2 aromatic rings. The standard InChI is InChI=1S/C18H25N3/c1-13-9-10-17(14(2)11-13)20-18-19-15(3)12-21(18)16-7-5-4-6-8-16/h4-8,12-14,17H,9-11H2,1-3H3,(H,19,20). The monoisotopic (exact) mass is 283 g/mol. The minimum Gasteiger partial charge on any atom is -0.352 e. The molecule has 0 amide bonds. The number of nitrogens with zero attached hydrogens (tertiary/aromatic N) is 2. The minimum atomic E-state index is 0.533. The number of aromatic nitrogens is 2. The van der Waals surface area contributed by atoms with Crippen molar-refractivity contribution in [2.75, 3.05) is 5.32 Å². The molecule has 112 valence electrons. The van der Waals surface area contributed by atoms with Crippen molar-refractivity contribution in [3.63, 3.8) is 0 Å². The molecule has 1 aromatic carbocycles. The first kappa shape index (κ1) is 14.2. The maximum Gasteiger partial charge on any atom is 0.207 e. The van der Waals surface area contributed by atoms with Crippen LogP contribution in [0, 0.1) is 18.8 Å². The third-order valence-electron chi connectivity index (χ3n) is 4.61. The molecule has 1 aromatic heterocycles. The van der Waals surface area contributed by atoms with E-state index in [1.165, 1.54) is 19.3 Å². The molecule has 3 heteroatoms. The molecule has 21 heavy (non-hydrogen) atoms. The molecule has 0 spiro atoms. The molecule has 0 aliphatic heterocycles. The van der Waals surface area contributed by atoms with Crippen molar-refractivity contribution in [1.82, 2.24) is 9.55 Å². The predicted octanol–water partition coefficient (Wildman–Crippen LogP) is 4.42. The first-order valence-electron chi connectivity index (χ1n) is 8.01. The molecule has 0 bridgehead atoms. The number of anilines is 1. The summed E-state index contributed by atoms with van der Waals surface area (Å²) in [5, 5.41) is 3.69. The van der Waals surface area contributed by atoms with Crippen LogP contribution in [0.2, 0.25) is 0 Å². The lowest BCUT2D eigenvalue weighted by molar-refractivity contribution is 0.275. The molecule has 1 aliphatic carbocycles. The van der Waals surface area contributed by atoms with Crippen molar-refractivity contribution in [3.8, 4) is 5.69 Å². The highest BCUT2D eigenvalue weighted by Crippen LogP contribution is 2.31. The maximum atomic E-state index is 4.69. The molecule has 3 atom stereocenters. The molecule has 3 unspecified atom stereocenters. The van der Waals surface area contributed by atoms with E-state index in [1.807, 2.05) is 6.07 Å². The summed E-state index contributed by atoms with van der Waals surface area (Å²) < 4.78 is 2.17. The highest BCUT2D eigenvalue weighted by molar-refractivity contribution is 5.43. The van der Waals surface area contributed by atoms with Crippen molar-refractivity contribution in [3.05, 3.63) is 42.2 Å². The van der Waals surface area contributed by atoms with Crippen molar-refractivity contribution in [2.24, 2.45) is 11.8 Å². The van der Waals surface area contributed by atoms with Crippen LogP contribution in [0.25, 0.3) is 5.69 Å². The van der Waals surface area contributed by atoms with Crippen molar-refractivity contribution in [2.45, 2.75) is 46.1 Å². The number of aryl methyl sites for hydroxylation is 1. The van der Waals surface area contributed by atoms with Gasteiger partial charge in [-0.3, -0.25) is 4.57 Å². The molecule has 1 aliphatic rings. The van der Waals surface area contributed by atoms with Crippen molar-refractivity contribution < 1.29 is 0 Å². The highest BCUT2D eigenvalue weighted by atomic mass is 15.2. The molecular weight excluding hydrogens is 258 g/mol. The Morgan fingerprint density at radius 3 is 2.62 bits per heavy atom. The first-order valence-corrected chi connectivity index (χ1v) is 8.01. The van der Waals surface area contributed by atoms with Crippen LogP contribution < -0.4 is 5.32 Å². The molecule has 0 radical (unpaired) electrons. The van der Waals surface area contributed by atoms with Crippen molar-refractivity contribution >= 4 is 5.95 Å². The smallest absolute Gasteiger partial charge is 0.207 e. The maximum absolute atomic E-state index is 4.69. The highest BCUT2D eigenvalue weighted by Gasteiger charge is 2.26. The second kappa shape index (κ2) is 5.92. The Hall–Kier alpha value is -1.77. The van der Waals surface area contributed by atoms with Gasteiger partial charge in [0, 0.05) is 17.9 Å². The number of nitrogens with one attached hydrogen (secondary N) is 1. The van der Waals surface area contributed by atoms with Crippen LogP contribution in [0.4, 0.5) is 5.95 Å². The normalized spacial score (nSPS) is 25.8. The molecule has 1 N–H and O–H groups in total. The summed E-state index contributed by atoms with van der Waals surface area (Å²) in [6.45, 7) is 6.77. The molecule has 3 rings (SSSR count). The predicted molar refractivity (Wildman–Crippen MR) is 87.9 cm³/mol. The number of hydrogen-bond acceptors (Lipinski definition) is 2. The first-order chi connectivity index (χ1) is 10.1. The second-order valence-electron chi connectivity index (χ2n) is 6.56. The topological polar surface area (TPSA) is 29.9 Å². The summed E-state index contributed by atoms with van der Waals surface area (Å²) >= 11 is 0. The number of imidazole rings is 1. The van der Waals surface area contributed by atoms with Crippen LogP contribution in [0.1, 0.15) is 38.8 Å². The van der Waals surface area contributed by atoms with E-state index in [9.17, 15) is 0 Å². The fourth-order valence-corrected chi connectivity index (χ4v) is 3.43. The van der Waals surface area contributed by atoms with E-state index in [0.29, 0.717) is 12.0 Å². The van der Waals surface area contributed by atoms with Gasteiger partial charge in [-0.05, 0) is 50.2 Å². The average Bonchev–Trinajstić information content (AvgIpc) is 2.84. The average molecular weight is 283 g/mol. The Balaban J connectivity index is 1.83. The Bertz CT molecular complexity index is 588. The van der Waals surface area contributed by atoms with E-state index in [-0.39, 0.29) is 0 Å². The van der Waals surface area contributed by atoms with Crippen LogP contribution in [0.3, 0.4) is 0 Å². The quantitative estimate of drug-likeness (QED) is 0.903. The molecule has 3 nitrogen and oxygen atoms in total. The minimum absolute atomic E-state index is 0.533. The van der Waals surface area contributed by atoms with Gasteiger partial charge in [0.15, 0.2) is 0 Å². The van der Waals surface area contributed by atoms with E-state index in [4.69, 9.17) is 0 Å². The molecule has 1 saturated carbocycles. The van der Waals surface area contributed by atoms with Crippen molar-refractivity contribution in [1.29, 1.82) is 0 Å². The summed E-state index contributed by atoms with van der Waals surface area (Å²) in [5.74, 6) is 2.54. The van der Waals surface area contributed by atoms with Gasteiger partial charge in [0.05, 0.1) is 5.69 Å². The van der Waals surface area contributed by atoms with Crippen LogP contribution in [-0.4, -0.2) is 15.6 Å². The van der Waals surface area contributed by atoms with Gasteiger partial charge >= 0.3 is 0 Å². The Labute approximate surface area is 127 Å². The van der Waals surface area contributed by atoms with Crippen LogP contribution in [0.5, 0.6) is 0 Å². The third kappa shape index (κ3) is 3.12. The van der Waals surface area contributed by atoms with Crippen LogP contribution >= 0.6 is 0 Å². The Morgan fingerprint density at radius 1 is 1.14 bits per heavy atom. The molecule has 1 heterocycles. The van der Waals surface area contributed by atoms with E-state index < -0.39 is 0 Å². The van der Waals surface area contributed by atoms with Gasteiger partial charge in [-0.2, -0.15) is 0 Å². The van der Waals surface area contributed by atoms with E-state index >= 15 is 0 Å². The summed E-state index contributed by atoms with van der Waals surface area (Å²) in [6.07, 6.45) is 5.96. The Kier molecular flexibility index (Phi) is 4.00. The fourth-order valence-electron chi connectivity index (χ4n) is 3.43. The van der Waals surface area contributed by atoms with Gasteiger partial charge in [-0.1, -0.05) is 32.0 Å². The summed E-state index contributed by atoms with van der Waals surface area (Å²) in [4.78, 5) is 4.69. The summed E-state index contributed by atoms with van der Waals surface area (Å²) in [7, 11) is 0. The van der Waals surface area contributed by atoms with Gasteiger partial charge in [0.25, 0.3) is 0 Å². The number of para-hydroxylation sites is 1. The molecule has 0 saturated heterocycles. The van der Waals surface area contributed by atoms with Gasteiger partial charge in [-0.15, -0.1) is 0 Å². The lowest BCUT2D eigenvalue weighted by Crippen LogP contribution is -2.33. The Morgan fingerprint density at radius 2 is 1.90 bits per heavy atom. The number of benzene rings is 1. The summed E-state index contributed by atoms with van der Waals surface area (Å²) in [5.41, 5.74) is 2.22. The van der Waals surface area contributed by atoms with Crippen LogP contribution in [0.15, 0.2) is 36.5 Å². The van der Waals surface area contributed by atoms with E-state index in [1.54, 1.807) is 0 Å². The molecule has 1 fully saturated rings. The lowest BCUT2D eigenvalue weighted by Gasteiger charge is -2.33. The SMILES string of the molecule is Cc1cn(-c2ccccc2)c(NC2CCC(C)CC2C)n1. The largest absolute Gasteiger partial charge is 0.352 e. The van der Waals surface area contributed by atoms with Gasteiger partial charge in [0.2, 0.25) is 5.95 Å². The zero-order valence-corrected chi connectivity index (χ0v) is 13.2. The number of hydrogen-bond donors (Lipinski definition) is 1.